The molecule has 0 aromatic heterocycles. The smallest absolute Gasteiger partial charge is 0.405 e. The second kappa shape index (κ2) is 11.3. The molecule has 0 bridgehead atoms. The van der Waals surface area contributed by atoms with Crippen LogP contribution in [-0.2, 0) is 14.9 Å². The highest BCUT2D eigenvalue weighted by Crippen LogP contribution is 2.45. The van der Waals surface area contributed by atoms with Crippen molar-refractivity contribution in [3.05, 3.63) is 54.6 Å². The van der Waals surface area contributed by atoms with Crippen molar-refractivity contribution < 1.29 is 23.1 Å². The fourth-order valence-corrected chi connectivity index (χ4v) is 5.09. The topological polar surface area (TPSA) is 125 Å². The van der Waals surface area contributed by atoms with Crippen LogP contribution in [0.15, 0.2) is 54.6 Å². The third kappa shape index (κ3) is 8.41. The van der Waals surface area contributed by atoms with E-state index in [0.717, 1.165) is 0 Å². The van der Waals surface area contributed by atoms with Gasteiger partial charge in [-0.2, -0.15) is 8.42 Å². The molecule has 1 heterocycles. The van der Waals surface area contributed by atoms with Gasteiger partial charge in [0.15, 0.2) is 0 Å². The van der Waals surface area contributed by atoms with Crippen LogP contribution in [0.2, 0.25) is 0 Å². The lowest BCUT2D eigenvalue weighted by Crippen LogP contribution is -2.42. The summed E-state index contributed by atoms with van der Waals surface area (Å²) in [5, 5.41) is 13.5. The van der Waals surface area contributed by atoms with Gasteiger partial charge in [-0.05, 0) is 72.2 Å². The van der Waals surface area contributed by atoms with Crippen LogP contribution in [0.25, 0.3) is 0 Å². The molecule has 0 fully saturated rings. The standard InChI is InChI=1S/C20H27N3O3S.C5H11NO2/c1-20(2,3)21-15-17(24)13-14-22-18-11-7-8-12-19(18)23(27(22,25)26)16-9-5-4-6-10-16;1-5(2,3)8-4(6)7/h4-12,17,21,24H,13-15H2,1-3H3;1-3H3,(H2,6,7). The van der Waals surface area contributed by atoms with E-state index >= 15 is 0 Å². The predicted molar refractivity (Wildman–Crippen MR) is 140 cm³/mol. The molecule has 4 N–H and O–H groups in total. The number of anilines is 3. The van der Waals surface area contributed by atoms with Gasteiger partial charge in [-0.15, -0.1) is 0 Å². The number of nitrogens with zero attached hydrogens (tertiary/aromatic N) is 2. The van der Waals surface area contributed by atoms with E-state index < -0.39 is 28.0 Å². The van der Waals surface area contributed by atoms with Gasteiger partial charge in [-0.25, -0.2) is 9.10 Å². The molecule has 1 amide bonds. The van der Waals surface area contributed by atoms with E-state index in [1.54, 1.807) is 45.0 Å². The summed E-state index contributed by atoms with van der Waals surface area (Å²) < 4.78 is 33.8. The van der Waals surface area contributed by atoms with Crippen molar-refractivity contribution in [2.24, 2.45) is 5.73 Å². The van der Waals surface area contributed by atoms with Gasteiger partial charge < -0.3 is 20.9 Å². The van der Waals surface area contributed by atoms with Crippen molar-refractivity contribution in [3.63, 3.8) is 0 Å². The van der Waals surface area contributed by atoms with Crippen LogP contribution in [0, 0.1) is 0 Å². The summed E-state index contributed by atoms with van der Waals surface area (Å²) in [6, 6.07) is 16.3. The van der Waals surface area contributed by atoms with Crippen LogP contribution in [0.5, 0.6) is 0 Å². The van der Waals surface area contributed by atoms with Gasteiger partial charge >= 0.3 is 16.3 Å². The van der Waals surface area contributed by atoms with Crippen molar-refractivity contribution in [3.8, 4) is 0 Å². The lowest BCUT2D eigenvalue weighted by molar-refractivity contribution is 0.0600. The SMILES string of the molecule is CC(C)(C)NCC(O)CCN1c2ccccc2N(c2ccccc2)S1(=O)=O.CC(C)(C)OC(N)=O. The Morgan fingerprint density at radius 1 is 1.00 bits per heavy atom. The molecule has 1 aliphatic rings. The minimum Gasteiger partial charge on any atom is -0.444 e. The molecule has 0 spiro atoms. The van der Waals surface area contributed by atoms with Crippen molar-refractivity contribution in [2.45, 2.75) is 65.2 Å². The molecule has 35 heavy (non-hydrogen) atoms. The van der Waals surface area contributed by atoms with E-state index in [-0.39, 0.29) is 12.1 Å². The van der Waals surface area contributed by atoms with Crippen LogP contribution in [0.3, 0.4) is 0 Å². The molecule has 1 unspecified atom stereocenters. The summed E-state index contributed by atoms with van der Waals surface area (Å²) >= 11 is 0. The number of hydrogen-bond acceptors (Lipinski definition) is 6. The van der Waals surface area contributed by atoms with E-state index in [4.69, 9.17) is 5.73 Å². The zero-order chi connectivity index (χ0) is 26.4. The predicted octanol–water partition coefficient (Wildman–Crippen LogP) is 3.91. The zero-order valence-electron chi connectivity index (χ0n) is 21.4. The Labute approximate surface area is 209 Å². The molecule has 0 saturated carbocycles. The van der Waals surface area contributed by atoms with E-state index in [2.05, 4.69) is 10.1 Å². The number of benzene rings is 2. The van der Waals surface area contributed by atoms with Gasteiger partial charge in [-0.1, -0.05) is 30.3 Å². The molecule has 1 atom stereocenters. The van der Waals surface area contributed by atoms with E-state index in [9.17, 15) is 18.3 Å². The molecule has 2 aromatic carbocycles. The third-order valence-electron chi connectivity index (χ3n) is 4.81. The average molecular weight is 507 g/mol. The van der Waals surface area contributed by atoms with Crippen molar-refractivity contribution >= 4 is 33.4 Å². The van der Waals surface area contributed by atoms with E-state index in [1.807, 2.05) is 51.1 Å². The van der Waals surface area contributed by atoms with Gasteiger partial charge in [0.05, 0.1) is 23.2 Å². The number of carbonyl (C=O) groups is 1. The number of β-amino-alcohol motifs (C(OH)–C–C–N with tert-alkyl or cyclic N) is 1. The Kier molecular flexibility index (Phi) is 9.16. The van der Waals surface area contributed by atoms with Crippen molar-refractivity contribution in [2.75, 3.05) is 21.7 Å². The van der Waals surface area contributed by atoms with Gasteiger partial charge in [0, 0.05) is 18.6 Å². The first kappa shape index (κ1) is 28.4. The molecule has 9 nitrogen and oxygen atoms in total. The Morgan fingerprint density at radius 2 is 1.54 bits per heavy atom. The Morgan fingerprint density at radius 3 is 2.03 bits per heavy atom. The average Bonchev–Trinajstić information content (AvgIpc) is 2.95. The Balaban J connectivity index is 0.000000466. The maximum Gasteiger partial charge on any atom is 0.405 e. The number of amides is 1. The highest BCUT2D eigenvalue weighted by Gasteiger charge is 2.41. The molecule has 0 aliphatic carbocycles. The summed E-state index contributed by atoms with van der Waals surface area (Å²) in [5.41, 5.74) is 6.03. The molecular formula is C25H38N4O5S. The van der Waals surface area contributed by atoms with E-state index in [1.165, 1.54) is 8.61 Å². The second-order valence-corrected chi connectivity index (χ2v) is 12.0. The lowest BCUT2D eigenvalue weighted by atomic mass is 10.1. The number of nitrogens with one attached hydrogen (secondary N) is 1. The van der Waals surface area contributed by atoms with Crippen LogP contribution in [0.1, 0.15) is 48.0 Å². The number of para-hydroxylation sites is 3. The number of aliphatic hydroxyl groups excluding tert-OH is 1. The normalized spacial score (nSPS) is 15.6. The second-order valence-electron chi connectivity index (χ2n) is 10.3. The van der Waals surface area contributed by atoms with Gasteiger partial charge in [-0.3, -0.25) is 4.31 Å². The van der Waals surface area contributed by atoms with Crippen molar-refractivity contribution in [1.29, 1.82) is 0 Å². The van der Waals surface area contributed by atoms with E-state index in [0.29, 0.717) is 30.0 Å². The summed E-state index contributed by atoms with van der Waals surface area (Å²) in [5.74, 6) is 0. The first-order valence-electron chi connectivity index (χ1n) is 11.5. The van der Waals surface area contributed by atoms with Crippen LogP contribution in [0.4, 0.5) is 21.9 Å². The molecule has 0 saturated heterocycles. The first-order valence-corrected chi connectivity index (χ1v) is 12.9. The number of fused-ring (bicyclic) bond motifs is 1. The molecule has 3 rings (SSSR count). The monoisotopic (exact) mass is 506 g/mol. The molecule has 0 radical (unpaired) electrons. The molecule has 194 valence electrons. The fourth-order valence-electron chi connectivity index (χ4n) is 3.36. The third-order valence-corrected chi connectivity index (χ3v) is 6.61. The summed E-state index contributed by atoms with van der Waals surface area (Å²) in [7, 11) is -3.74. The number of carbonyl (C=O) groups excluding carboxylic acids is 1. The number of primary amides is 1. The van der Waals surface area contributed by atoms with Crippen molar-refractivity contribution in [1.82, 2.24) is 5.32 Å². The summed E-state index contributed by atoms with van der Waals surface area (Å²) in [6.07, 6.45) is -1.01. The van der Waals surface area contributed by atoms with Gasteiger partial charge in [0.2, 0.25) is 0 Å². The largest absolute Gasteiger partial charge is 0.444 e. The maximum atomic E-state index is 13.2. The number of nitrogens with two attached hydrogens (primary N) is 1. The van der Waals surface area contributed by atoms with Crippen LogP contribution < -0.4 is 19.7 Å². The van der Waals surface area contributed by atoms with Crippen LogP contribution in [-0.4, -0.2) is 50.0 Å². The van der Waals surface area contributed by atoms with Gasteiger partial charge in [0.25, 0.3) is 0 Å². The van der Waals surface area contributed by atoms with Crippen LogP contribution >= 0.6 is 0 Å². The number of rotatable bonds is 6. The number of hydrogen-bond donors (Lipinski definition) is 3. The molecule has 1 aliphatic heterocycles. The Bertz CT molecular complexity index is 1080. The maximum absolute atomic E-state index is 13.2. The first-order chi connectivity index (χ1) is 16.1. The zero-order valence-corrected chi connectivity index (χ0v) is 22.2. The Hall–Kier alpha value is -2.82. The molecule has 2 aromatic rings. The highest BCUT2D eigenvalue weighted by molar-refractivity contribution is 7.95. The minimum atomic E-state index is -3.74. The molecular weight excluding hydrogens is 468 g/mol. The minimum absolute atomic E-state index is 0.0998. The quantitative estimate of drug-likeness (QED) is 0.546. The van der Waals surface area contributed by atoms with Gasteiger partial charge in [0.1, 0.15) is 5.60 Å². The highest BCUT2D eigenvalue weighted by atomic mass is 32.2. The summed E-state index contributed by atoms with van der Waals surface area (Å²) in [4.78, 5) is 10.0. The number of ether oxygens (including phenoxy) is 1. The molecule has 10 heteroatoms. The lowest BCUT2D eigenvalue weighted by Gasteiger charge is -2.25. The summed E-state index contributed by atoms with van der Waals surface area (Å²) in [6.45, 7) is 12.0. The number of aliphatic hydroxyl groups is 1. The fraction of sp³-hybridized carbons (Fsp3) is 0.480.